The van der Waals surface area contributed by atoms with Gasteiger partial charge in [-0.05, 0) is 35.4 Å². The third kappa shape index (κ3) is 5.95. The van der Waals surface area contributed by atoms with Crippen molar-refractivity contribution in [2.24, 2.45) is 0 Å². The Balaban J connectivity index is 1.71. The summed E-state index contributed by atoms with van der Waals surface area (Å²) in [6, 6.07) is 23.7. The maximum Gasteiger partial charge on any atom is 0.254 e. The number of halogens is 1. The number of benzene rings is 3. The normalized spacial score (nSPS) is 11.2. The van der Waals surface area contributed by atoms with Crippen molar-refractivity contribution in [3.8, 4) is 0 Å². The molecule has 0 radical (unpaired) electrons. The monoisotopic (exact) mass is 503 g/mol. The minimum atomic E-state index is -3.87. The van der Waals surface area contributed by atoms with Crippen molar-refractivity contribution >= 4 is 15.7 Å². The molecule has 0 aliphatic carbocycles. The minimum Gasteiger partial charge on any atom is -0.329 e. The van der Waals surface area contributed by atoms with Crippen LogP contribution in [-0.2, 0) is 28.7 Å². The Hall–Kier alpha value is -4.04. The molecule has 36 heavy (non-hydrogen) atoms. The van der Waals surface area contributed by atoms with Gasteiger partial charge in [-0.25, -0.2) is 17.8 Å². The molecule has 0 fully saturated rings. The maximum atomic E-state index is 13.4. The first-order chi connectivity index (χ1) is 17.4. The van der Waals surface area contributed by atoms with Crippen LogP contribution in [0.4, 0.5) is 4.39 Å². The van der Waals surface area contributed by atoms with E-state index in [1.807, 2.05) is 36.4 Å². The lowest BCUT2D eigenvalue weighted by molar-refractivity contribution is 0.0759. The average molecular weight is 504 g/mol. The van der Waals surface area contributed by atoms with Crippen LogP contribution in [0.3, 0.4) is 0 Å². The highest BCUT2D eigenvalue weighted by Crippen LogP contribution is 2.21. The SMILES string of the molecule is C=CCN(Cc1cnc(S(=O)(=O)Cc2ccc(F)cc2)n1Cc1ccccc1)C(=O)c1ccccc1. The summed E-state index contributed by atoms with van der Waals surface area (Å²) >= 11 is 0. The number of carbonyl (C=O) groups is 1. The van der Waals surface area contributed by atoms with E-state index >= 15 is 0 Å². The molecule has 6 nitrogen and oxygen atoms in total. The van der Waals surface area contributed by atoms with Crippen LogP contribution in [0.25, 0.3) is 0 Å². The summed E-state index contributed by atoms with van der Waals surface area (Å²) < 4.78 is 41.8. The number of aromatic nitrogens is 2. The van der Waals surface area contributed by atoms with Gasteiger partial charge in [0.05, 0.1) is 30.7 Å². The van der Waals surface area contributed by atoms with Crippen LogP contribution in [0.1, 0.15) is 27.2 Å². The van der Waals surface area contributed by atoms with Gasteiger partial charge in [-0.2, -0.15) is 0 Å². The van der Waals surface area contributed by atoms with Crippen molar-refractivity contribution in [3.05, 3.63) is 132 Å². The van der Waals surface area contributed by atoms with E-state index in [-0.39, 0.29) is 36.5 Å². The number of hydrogen-bond acceptors (Lipinski definition) is 4. The molecule has 0 saturated carbocycles. The van der Waals surface area contributed by atoms with Gasteiger partial charge in [0.25, 0.3) is 5.91 Å². The summed E-state index contributed by atoms with van der Waals surface area (Å²) in [5.74, 6) is -0.953. The highest BCUT2D eigenvalue weighted by atomic mass is 32.2. The molecule has 184 valence electrons. The molecule has 0 aliphatic rings. The van der Waals surface area contributed by atoms with Gasteiger partial charge in [0.1, 0.15) is 5.82 Å². The molecular weight excluding hydrogens is 477 g/mol. The smallest absolute Gasteiger partial charge is 0.254 e. The van der Waals surface area contributed by atoms with Crippen molar-refractivity contribution < 1.29 is 17.6 Å². The average Bonchev–Trinajstić information content (AvgIpc) is 3.28. The van der Waals surface area contributed by atoms with Crippen molar-refractivity contribution in [2.45, 2.75) is 24.0 Å². The lowest BCUT2D eigenvalue weighted by atomic mass is 10.2. The first-order valence-electron chi connectivity index (χ1n) is 11.4. The second kappa shape index (κ2) is 11.1. The number of amides is 1. The van der Waals surface area contributed by atoms with Crippen molar-refractivity contribution in [2.75, 3.05) is 6.54 Å². The zero-order valence-electron chi connectivity index (χ0n) is 19.6. The predicted octanol–water partition coefficient (Wildman–Crippen LogP) is 4.87. The molecule has 3 aromatic carbocycles. The summed E-state index contributed by atoms with van der Waals surface area (Å²) in [6.45, 7) is 4.45. The second-order valence-corrected chi connectivity index (χ2v) is 10.2. The number of hydrogen-bond donors (Lipinski definition) is 0. The standard InChI is InChI=1S/C28H26FN3O3S/c1-2-17-31(27(33)24-11-7-4-8-12-24)20-26-18-30-28(32(26)19-22-9-5-3-6-10-22)36(34,35)21-23-13-15-25(29)16-14-23/h2-16,18H,1,17,19-21H2. The fraction of sp³-hybridized carbons (Fsp3) is 0.143. The largest absolute Gasteiger partial charge is 0.329 e. The van der Waals surface area contributed by atoms with E-state index in [2.05, 4.69) is 11.6 Å². The summed E-state index contributed by atoms with van der Waals surface area (Å²) in [4.78, 5) is 19.1. The molecule has 4 aromatic rings. The molecule has 8 heteroatoms. The molecule has 0 saturated heterocycles. The number of rotatable bonds is 10. The Morgan fingerprint density at radius 3 is 2.22 bits per heavy atom. The van der Waals surface area contributed by atoms with Crippen LogP contribution in [0.5, 0.6) is 0 Å². The Morgan fingerprint density at radius 1 is 0.944 bits per heavy atom. The molecule has 0 N–H and O–H groups in total. The molecule has 1 heterocycles. The quantitative estimate of drug-likeness (QED) is 0.290. The van der Waals surface area contributed by atoms with Gasteiger partial charge in [-0.1, -0.05) is 66.7 Å². The van der Waals surface area contributed by atoms with Crippen LogP contribution < -0.4 is 0 Å². The highest BCUT2D eigenvalue weighted by molar-refractivity contribution is 7.90. The van der Waals surface area contributed by atoms with E-state index in [9.17, 15) is 17.6 Å². The Kier molecular flexibility index (Phi) is 7.75. The molecule has 0 bridgehead atoms. The van der Waals surface area contributed by atoms with Crippen LogP contribution in [-0.4, -0.2) is 35.3 Å². The van der Waals surface area contributed by atoms with Crippen LogP contribution in [0.2, 0.25) is 0 Å². The van der Waals surface area contributed by atoms with E-state index in [0.29, 0.717) is 16.8 Å². The molecule has 0 spiro atoms. The van der Waals surface area contributed by atoms with Crippen LogP contribution >= 0.6 is 0 Å². The molecule has 4 rings (SSSR count). The fourth-order valence-electron chi connectivity index (χ4n) is 3.90. The van der Waals surface area contributed by atoms with E-state index in [4.69, 9.17) is 0 Å². The summed E-state index contributed by atoms with van der Waals surface area (Å²) in [5.41, 5.74) is 2.44. The number of imidazole rings is 1. The van der Waals surface area contributed by atoms with Crippen molar-refractivity contribution in [1.82, 2.24) is 14.5 Å². The summed E-state index contributed by atoms with van der Waals surface area (Å²) in [5, 5.41) is -0.101. The predicted molar refractivity (Wildman–Crippen MR) is 136 cm³/mol. The number of sulfone groups is 1. The zero-order chi connectivity index (χ0) is 25.5. The Labute approximate surface area is 210 Å². The first-order valence-corrected chi connectivity index (χ1v) is 13.0. The highest BCUT2D eigenvalue weighted by Gasteiger charge is 2.26. The van der Waals surface area contributed by atoms with E-state index < -0.39 is 15.7 Å². The fourth-order valence-corrected chi connectivity index (χ4v) is 5.39. The van der Waals surface area contributed by atoms with E-state index in [1.54, 1.807) is 39.8 Å². The third-order valence-corrected chi connectivity index (χ3v) is 7.24. The van der Waals surface area contributed by atoms with Crippen molar-refractivity contribution in [3.63, 3.8) is 0 Å². The van der Waals surface area contributed by atoms with Gasteiger partial charge in [0.2, 0.25) is 15.0 Å². The zero-order valence-corrected chi connectivity index (χ0v) is 20.4. The molecular formula is C28H26FN3O3S. The van der Waals surface area contributed by atoms with Gasteiger partial charge in [-0.15, -0.1) is 6.58 Å². The third-order valence-electron chi connectivity index (χ3n) is 5.64. The van der Waals surface area contributed by atoms with Gasteiger partial charge in [-0.3, -0.25) is 4.79 Å². The first kappa shape index (κ1) is 25.1. The van der Waals surface area contributed by atoms with Gasteiger partial charge in [0, 0.05) is 12.1 Å². The molecule has 1 amide bonds. The van der Waals surface area contributed by atoms with E-state index in [0.717, 1.165) is 5.56 Å². The van der Waals surface area contributed by atoms with Crippen molar-refractivity contribution in [1.29, 1.82) is 0 Å². The van der Waals surface area contributed by atoms with Crippen LogP contribution in [0, 0.1) is 5.82 Å². The number of nitrogens with zero attached hydrogens (tertiary/aromatic N) is 3. The topological polar surface area (TPSA) is 72.3 Å². The lowest BCUT2D eigenvalue weighted by Crippen LogP contribution is -2.32. The van der Waals surface area contributed by atoms with Gasteiger partial charge < -0.3 is 9.47 Å². The molecule has 0 aliphatic heterocycles. The van der Waals surface area contributed by atoms with Gasteiger partial charge >= 0.3 is 0 Å². The number of carbonyl (C=O) groups excluding carboxylic acids is 1. The molecule has 1 aromatic heterocycles. The minimum absolute atomic E-state index is 0.101. The summed E-state index contributed by atoms with van der Waals surface area (Å²) in [7, 11) is -3.87. The van der Waals surface area contributed by atoms with Crippen LogP contribution in [0.15, 0.2) is 109 Å². The Morgan fingerprint density at radius 2 is 1.58 bits per heavy atom. The second-order valence-electron chi connectivity index (χ2n) is 8.33. The van der Waals surface area contributed by atoms with Gasteiger partial charge in [0.15, 0.2) is 0 Å². The van der Waals surface area contributed by atoms with E-state index in [1.165, 1.54) is 30.5 Å². The summed E-state index contributed by atoms with van der Waals surface area (Å²) in [6.07, 6.45) is 3.12. The molecule has 0 atom stereocenters. The molecule has 0 unspecified atom stereocenters. The Bertz CT molecular complexity index is 1430. The maximum absolute atomic E-state index is 13.4. The lowest BCUT2D eigenvalue weighted by Gasteiger charge is -2.22.